The van der Waals surface area contributed by atoms with Crippen molar-refractivity contribution >= 4 is 10.0 Å². The highest BCUT2D eigenvalue weighted by molar-refractivity contribution is 7.89. The summed E-state index contributed by atoms with van der Waals surface area (Å²) in [6.45, 7) is 0.717. The normalized spacial score (nSPS) is 18.7. The highest BCUT2D eigenvalue weighted by Gasteiger charge is 2.35. The smallest absolute Gasteiger partial charge is 0.246 e. The quantitative estimate of drug-likeness (QED) is 0.836. The van der Waals surface area contributed by atoms with Gasteiger partial charge in [0.1, 0.15) is 16.7 Å². The van der Waals surface area contributed by atoms with Crippen molar-refractivity contribution in [3.8, 4) is 11.6 Å². The molecule has 0 bridgehead atoms. The molecule has 1 aromatic carbocycles. The van der Waals surface area contributed by atoms with E-state index in [1.54, 1.807) is 42.6 Å². The number of aromatic nitrogens is 1. The van der Waals surface area contributed by atoms with Gasteiger partial charge in [0, 0.05) is 18.8 Å². The van der Waals surface area contributed by atoms with Crippen molar-refractivity contribution in [3.63, 3.8) is 0 Å². The fourth-order valence-corrected chi connectivity index (χ4v) is 4.21. The Labute approximate surface area is 135 Å². The highest BCUT2D eigenvalue weighted by atomic mass is 32.2. The van der Waals surface area contributed by atoms with Crippen molar-refractivity contribution in [2.75, 3.05) is 20.2 Å². The summed E-state index contributed by atoms with van der Waals surface area (Å²) in [4.78, 5) is 4.29. The summed E-state index contributed by atoms with van der Waals surface area (Å²) in [5, 5.41) is 0. The number of hydrogen-bond acceptors (Lipinski definition) is 5. The first-order chi connectivity index (χ1) is 11.1. The lowest BCUT2D eigenvalue weighted by molar-refractivity contribution is 0.207. The maximum Gasteiger partial charge on any atom is 0.246 e. The van der Waals surface area contributed by atoms with Gasteiger partial charge in [-0.3, -0.25) is 0 Å². The molecule has 0 unspecified atom stereocenters. The number of para-hydroxylation sites is 1. The lowest BCUT2D eigenvalue weighted by atomic mass is 10.3. The monoisotopic (exact) mass is 334 g/mol. The van der Waals surface area contributed by atoms with Crippen LogP contribution < -0.4 is 9.47 Å². The minimum atomic E-state index is -3.60. The largest absolute Gasteiger partial charge is 0.495 e. The van der Waals surface area contributed by atoms with E-state index in [0.29, 0.717) is 31.1 Å². The van der Waals surface area contributed by atoms with Gasteiger partial charge in [-0.2, -0.15) is 4.31 Å². The topological polar surface area (TPSA) is 68.7 Å². The summed E-state index contributed by atoms with van der Waals surface area (Å²) in [5.74, 6) is 0.857. The molecule has 0 radical (unpaired) electrons. The minimum Gasteiger partial charge on any atom is -0.495 e. The Hall–Kier alpha value is -2.12. The Morgan fingerprint density at radius 2 is 1.96 bits per heavy atom. The molecule has 7 heteroatoms. The summed E-state index contributed by atoms with van der Waals surface area (Å²) in [5.41, 5.74) is 0. The first-order valence-electron chi connectivity index (χ1n) is 7.32. The molecule has 1 fully saturated rings. The number of ether oxygens (including phenoxy) is 2. The second kappa shape index (κ2) is 6.55. The number of benzene rings is 1. The van der Waals surface area contributed by atoms with Crippen LogP contribution in [0.3, 0.4) is 0 Å². The van der Waals surface area contributed by atoms with Gasteiger partial charge in [0.05, 0.1) is 13.7 Å². The van der Waals surface area contributed by atoms with Crippen LogP contribution in [-0.2, 0) is 10.0 Å². The van der Waals surface area contributed by atoms with Crippen LogP contribution in [0.1, 0.15) is 6.42 Å². The molecule has 1 atom stereocenters. The van der Waals surface area contributed by atoms with Gasteiger partial charge in [0.2, 0.25) is 15.9 Å². The number of methoxy groups -OCH3 is 1. The fourth-order valence-electron chi connectivity index (χ4n) is 2.57. The van der Waals surface area contributed by atoms with Crippen LogP contribution >= 0.6 is 0 Å². The van der Waals surface area contributed by atoms with Gasteiger partial charge in [0.15, 0.2) is 0 Å². The van der Waals surface area contributed by atoms with Crippen molar-refractivity contribution in [1.82, 2.24) is 9.29 Å². The standard InChI is InChI=1S/C16H18N2O4S/c1-21-14-6-2-3-7-15(14)23(19,20)18-11-9-13(12-18)22-16-8-4-5-10-17-16/h2-8,10,13H,9,11-12H2,1H3/t13-/m0/s1. The fraction of sp³-hybridized carbons (Fsp3) is 0.312. The van der Waals surface area contributed by atoms with Gasteiger partial charge >= 0.3 is 0 Å². The predicted molar refractivity (Wildman–Crippen MR) is 85.0 cm³/mol. The Morgan fingerprint density at radius 3 is 2.70 bits per heavy atom. The Balaban J connectivity index is 1.75. The number of sulfonamides is 1. The van der Waals surface area contributed by atoms with Gasteiger partial charge in [-0.25, -0.2) is 13.4 Å². The van der Waals surface area contributed by atoms with Crippen molar-refractivity contribution in [3.05, 3.63) is 48.7 Å². The van der Waals surface area contributed by atoms with Crippen molar-refractivity contribution < 1.29 is 17.9 Å². The Bertz CT molecular complexity index is 765. The van der Waals surface area contributed by atoms with Gasteiger partial charge < -0.3 is 9.47 Å². The van der Waals surface area contributed by atoms with E-state index in [2.05, 4.69) is 4.98 Å². The molecule has 1 aromatic heterocycles. The zero-order valence-corrected chi connectivity index (χ0v) is 13.6. The van der Waals surface area contributed by atoms with E-state index in [1.807, 2.05) is 6.07 Å². The molecule has 2 aromatic rings. The maximum atomic E-state index is 12.8. The SMILES string of the molecule is COc1ccccc1S(=O)(=O)N1CC[C@H](Oc2ccccn2)C1. The van der Waals surface area contributed by atoms with Crippen LogP contribution in [0.15, 0.2) is 53.6 Å². The molecule has 3 rings (SSSR count). The zero-order chi connectivity index (χ0) is 16.3. The first-order valence-corrected chi connectivity index (χ1v) is 8.76. The Kier molecular flexibility index (Phi) is 4.49. The molecule has 2 heterocycles. The number of hydrogen-bond donors (Lipinski definition) is 0. The third kappa shape index (κ3) is 3.30. The summed E-state index contributed by atoms with van der Waals surface area (Å²) in [6, 6.07) is 12.0. The maximum absolute atomic E-state index is 12.8. The molecule has 122 valence electrons. The van der Waals surface area contributed by atoms with Gasteiger partial charge in [-0.1, -0.05) is 18.2 Å². The van der Waals surface area contributed by atoms with Crippen molar-refractivity contribution in [2.24, 2.45) is 0 Å². The zero-order valence-electron chi connectivity index (χ0n) is 12.8. The third-order valence-electron chi connectivity index (χ3n) is 3.72. The summed E-state index contributed by atoms with van der Waals surface area (Å²) in [7, 11) is -2.14. The lowest BCUT2D eigenvalue weighted by Crippen LogP contribution is -2.31. The lowest BCUT2D eigenvalue weighted by Gasteiger charge is -2.18. The molecular formula is C16H18N2O4S. The molecule has 1 saturated heterocycles. The van der Waals surface area contributed by atoms with Crippen LogP contribution in [0.2, 0.25) is 0 Å². The third-order valence-corrected chi connectivity index (χ3v) is 5.62. The first kappa shape index (κ1) is 15.8. The molecule has 1 aliphatic rings. The van der Waals surface area contributed by atoms with Crippen LogP contribution in [-0.4, -0.2) is 44.0 Å². The summed E-state index contributed by atoms with van der Waals surface area (Å²) < 4.78 is 37.9. The highest BCUT2D eigenvalue weighted by Crippen LogP contribution is 2.29. The van der Waals surface area contributed by atoms with E-state index < -0.39 is 10.0 Å². The van der Waals surface area contributed by atoms with Gasteiger partial charge in [-0.15, -0.1) is 0 Å². The molecule has 0 aliphatic carbocycles. The molecule has 0 saturated carbocycles. The summed E-state index contributed by atoms with van der Waals surface area (Å²) in [6.07, 6.45) is 2.08. The number of rotatable bonds is 5. The summed E-state index contributed by atoms with van der Waals surface area (Å²) >= 11 is 0. The van der Waals surface area contributed by atoms with Crippen molar-refractivity contribution in [1.29, 1.82) is 0 Å². The van der Waals surface area contributed by atoms with Crippen LogP contribution in [0.5, 0.6) is 11.6 Å². The number of pyridine rings is 1. The molecule has 0 spiro atoms. The average molecular weight is 334 g/mol. The number of nitrogens with zero attached hydrogens (tertiary/aromatic N) is 2. The predicted octanol–water partition coefficient (Wildman–Crippen LogP) is 1.93. The van der Waals surface area contributed by atoms with Gasteiger partial charge in [-0.05, 0) is 24.6 Å². The van der Waals surface area contributed by atoms with E-state index in [9.17, 15) is 8.42 Å². The van der Waals surface area contributed by atoms with Crippen LogP contribution in [0.4, 0.5) is 0 Å². The van der Waals surface area contributed by atoms with E-state index in [4.69, 9.17) is 9.47 Å². The minimum absolute atomic E-state index is 0.181. The van der Waals surface area contributed by atoms with E-state index in [1.165, 1.54) is 11.4 Å². The molecule has 23 heavy (non-hydrogen) atoms. The Morgan fingerprint density at radius 1 is 1.17 bits per heavy atom. The van der Waals surface area contributed by atoms with E-state index in [0.717, 1.165) is 0 Å². The molecule has 6 nitrogen and oxygen atoms in total. The molecule has 0 N–H and O–H groups in total. The average Bonchev–Trinajstić information content (AvgIpc) is 3.05. The second-order valence-electron chi connectivity index (χ2n) is 5.21. The molecule has 0 amide bonds. The van der Waals surface area contributed by atoms with Gasteiger partial charge in [0.25, 0.3) is 0 Å². The van der Waals surface area contributed by atoms with Crippen LogP contribution in [0.25, 0.3) is 0 Å². The molecule has 1 aliphatic heterocycles. The van der Waals surface area contributed by atoms with E-state index in [-0.39, 0.29) is 11.0 Å². The second-order valence-corrected chi connectivity index (χ2v) is 7.12. The van der Waals surface area contributed by atoms with E-state index >= 15 is 0 Å². The van der Waals surface area contributed by atoms with Crippen LogP contribution in [0, 0.1) is 0 Å². The van der Waals surface area contributed by atoms with Crippen molar-refractivity contribution in [2.45, 2.75) is 17.4 Å². The molecular weight excluding hydrogens is 316 g/mol.